The molecule has 0 aliphatic carbocycles. The van der Waals surface area contributed by atoms with Gasteiger partial charge in [0.25, 0.3) is 0 Å². The van der Waals surface area contributed by atoms with E-state index < -0.39 is 0 Å². The summed E-state index contributed by atoms with van der Waals surface area (Å²) in [5.74, 6) is 0. The quantitative estimate of drug-likeness (QED) is 0.401. The zero-order chi connectivity index (χ0) is 4.83. The summed E-state index contributed by atoms with van der Waals surface area (Å²) in [7, 11) is 0. The van der Waals surface area contributed by atoms with Crippen LogP contribution in [0.4, 0.5) is 4.39 Å². The van der Waals surface area contributed by atoms with Crippen LogP contribution in [0.5, 0.6) is 0 Å². The van der Waals surface area contributed by atoms with Gasteiger partial charge in [-0.2, -0.15) is 0 Å². The van der Waals surface area contributed by atoms with Crippen LogP contribution in [0.2, 0.25) is 0 Å². The molecule has 0 fully saturated rings. The van der Waals surface area contributed by atoms with Crippen molar-refractivity contribution in [1.82, 2.24) is 0 Å². The van der Waals surface area contributed by atoms with Gasteiger partial charge in [-0.3, -0.25) is 4.39 Å². The molecular weight excluding hydrogens is 118 g/mol. The predicted octanol–water partition coefficient (Wildman–Crippen LogP) is 1.50. The molecule has 0 aromatic rings. The Bertz CT molecular complexity index is 20.0. The topological polar surface area (TPSA) is 0 Å². The molecule has 2 heteroatoms. The number of hydrogen-bond acceptors (Lipinski definition) is 0. The van der Waals surface area contributed by atoms with Gasteiger partial charge in [0.2, 0.25) is 0 Å². The van der Waals surface area contributed by atoms with Crippen LogP contribution < -0.4 is 0 Å². The van der Waals surface area contributed by atoms with E-state index in [1.807, 2.05) is 0 Å². The first kappa shape index (κ1) is 11.4. The second kappa shape index (κ2) is 10.5. The molecule has 0 unspecified atom stereocenters. The van der Waals surface area contributed by atoms with E-state index in [0.717, 1.165) is 19.3 Å². The van der Waals surface area contributed by atoms with Gasteiger partial charge in [0.1, 0.15) is 0 Å². The molecule has 0 saturated carbocycles. The Hall–Kier alpha value is 1.57. The van der Waals surface area contributed by atoms with Crippen molar-refractivity contribution in [2.24, 2.45) is 0 Å². The molecular formula is C5H12FK. The van der Waals surface area contributed by atoms with Crippen LogP contribution in [0.25, 0.3) is 0 Å². The third kappa shape index (κ3) is 11.2. The van der Waals surface area contributed by atoms with E-state index in [0.29, 0.717) is 0 Å². The van der Waals surface area contributed by atoms with Crippen LogP contribution in [-0.4, -0.2) is 58.1 Å². The van der Waals surface area contributed by atoms with Crippen LogP contribution in [-0.2, 0) is 0 Å². The molecule has 0 heterocycles. The van der Waals surface area contributed by atoms with Gasteiger partial charge in [-0.15, -0.1) is 0 Å². The molecule has 40 valence electrons. The molecule has 0 atom stereocenters. The van der Waals surface area contributed by atoms with Gasteiger partial charge in [0.15, 0.2) is 0 Å². The summed E-state index contributed by atoms with van der Waals surface area (Å²) >= 11 is 0. The molecule has 0 nitrogen and oxygen atoms in total. The van der Waals surface area contributed by atoms with Gasteiger partial charge < -0.3 is 0 Å². The summed E-state index contributed by atoms with van der Waals surface area (Å²) in [4.78, 5) is 0. The van der Waals surface area contributed by atoms with Crippen molar-refractivity contribution in [3.63, 3.8) is 0 Å². The van der Waals surface area contributed by atoms with Gasteiger partial charge >= 0.3 is 51.4 Å². The zero-order valence-electron chi connectivity index (χ0n) is 4.21. The van der Waals surface area contributed by atoms with Crippen molar-refractivity contribution in [3.05, 3.63) is 0 Å². The molecule has 0 rings (SSSR count). The number of hydrogen-bond donors (Lipinski definition) is 0. The van der Waals surface area contributed by atoms with Crippen molar-refractivity contribution < 1.29 is 4.39 Å². The molecule has 0 aliphatic rings. The van der Waals surface area contributed by atoms with Crippen molar-refractivity contribution in [3.8, 4) is 0 Å². The molecule has 0 aromatic carbocycles. The maximum absolute atomic E-state index is 11.2. The van der Waals surface area contributed by atoms with Crippen molar-refractivity contribution in [2.45, 2.75) is 26.2 Å². The van der Waals surface area contributed by atoms with Gasteiger partial charge in [-0.05, 0) is 6.42 Å². The Kier molecular flexibility index (Phi) is 17.1. The Balaban J connectivity index is 0. The van der Waals surface area contributed by atoms with Gasteiger partial charge in [0.05, 0.1) is 6.67 Å². The van der Waals surface area contributed by atoms with Crippen molar-refractivity contribution in [2.75, 3.05) is 6.67 Å². The average molecular weight is 130 g/mol. The zero-order valence-corrected chi connectivity index (χ0v) is 4.21. The molecule has 0 saturated heterocycles. The summed E-state index contributed by atoms with van der Waals surface area (Å²) in [5, 5.41) is 0. The van der Waals surface area contributed by atoms with Crippen molar-refractivity contribution in [1.29, 1.82) is 0 Å². The summed E-state index contributed by atoms with van der Waals surface area (Å²) in [6.07, 6.45) is 2.90. The van der Waals surface area contributed by atoms with E-state index in [1.165, 1.54) is 0 Å². The van der Waals surface area contributed by atoms with Crippen LogP contribution in [0.3, 0.4) is 0 Å². The first-order valence-electron chi connectivity index (χ1n) is 2.47. The molecule has 0 amide bonds. The van der Waals surface area contributed by atoms with Crippen LogP contribution in [0.1, 0.15) is 26.2 Å². The fourth-order valence-corrected chi connectivity index (χ4v) is 0.344. The Morgan fingerprint density at radius 1 is 1.29 bits per heavy atom. The van der Waals surface area contributed by atoms with E-state index in [2.05, 4.69) is 6.92 Å². The molecule has 0 radical (unpaired) electrons. The van der Waals surface area contributed by atoms with Crippen LogP contribution in [0.15, 0.2) is 0 Å². The van der Waals surface area contributed by atoms with E-state index >= 15 is 0 Å². The number of halogens is 1. The minimum atomic E-state index is -0.145. The van der Waals surface area contributed by atoms with E-state index in [4.69, 9.17) is 0 Å². The minimum absolute atomic E-state index is 0. The van der Waals surface area contributed by atoms with Gasteiger partial charge in [0, 0.05) is 0 Å². The molecule has 0 bridgehead atoms. The molecule has 0 spiro atoms. The van der Waals surface area contributed by atoms with E-state index in [9.17, 15) is 4.39 Å². The Morgan fingerprint density at radius 3 is 2.00 bits per heavy atom. The number of unbranched alkanes of at least 4 members (excludes halogenated alkanes) is 2. The SMILES string of the molecule is CCCCCF.[KH]. The number of rotatable bonds is 3. The van der Waals surface area contributed by atoms with Crippen LogP contribution in [0, 0.1) is 0 Å². The van der Waals surface area contributed by atoms with Gasteiger partial charge in [-0.25, -0.2) is 0 Å². The average Bonchev–Trinajstić information content (AvgIpc) is 1.61. The Morgan fingerprint density at radius 2 is 1.86 bits per heavy atom. The van der Waals surface area contributed by atoms with Gasteiger partial charge in [-0.1, -0.05) is 19.8 Å². The fourth-order valence-electron chi connectivity index (χ4n) is 0.344. The van der Waals surface area contributed by atoms with Crippen molar-refractivity contribution >= 4 is 51.4 Å². The Labute approximate surface area is 87.3 Å². The molecule has 0 N–H and O–H groups in total. The second-order valence-electron chi connectivity index (χ2n) is 1.40. The standard InChI is InChI=1S/C5H11F.K.H/c1-2-3-4-5-6;;/h2-5H2,1H3;;. The first-order valence-corrected chi connectivity index (χ1v) is 2.47. The van der Waals surface area contributed by atoms with Crippen LogP contribution >= 0.6 is 0 Å². The second-order valence-corrected chi connectivity index (χ2v) is 1.40. The first-order chi connectivity index (χ1) is 2.91. The fraction of sp³-hybridized carbons (Fsp3) is 1.00. The monoisotopic (exact) mass is 130 g/mol. The summed E-state index contributed by atoms with van der Waals surface area (Å²) in [6.45, 7) is 1.92. The normalized spacial score (nSPS) is 7.71. The van der Waals surface area contributed by atoms with E-state index in [1.54, 1.807) is 0 Å². The predicted molar refractivity (Wildman–Crippen MR) is 32.6 cm³/mol. The maximum atomic E-state index is 11.2. The molecule has 7 heavy (non-hydrogen) atoms. The third-order valence-corrected chi connectivity index (χ3v) is 0.737. The summed E-state index contributed by atoms with van der Waals surface area (Å²) in [5.41, 5.74) is 0. The molecule has 0 aromatic heterocycles. The molecule has 0 aliphatic heterocycles. The third-order valence-electron chi connectivity index (χ3n) is 0.737. The summed E-state index contributed by atoms with van der Waals surface area (Å²) in [6, 6.07) is 0. The van der Waals surface area contributed by atoms with E-state index in [-0.39, 0.29) is 58.1 Å². The number of alkyl halides is 1. The summed E-state index contributed by atoms with van der Waals surface area (Å²) < 4.78 is 11.2.